The molecular weight excluding hydrogens is 238 g/mol. The molecule has 0 unspecified atom stereocenters. The van der Waals surface area contributed by atoms with E-state index in [1.54, 1.807) is 23.7 Å². The van der Waals surface area contributed by atoms with E-state index in [2.05, 4.69) is 0 Å². The molecule has 4 nitrogen and oxygen atoms in total. The number of rotatable bonds is 5. The third-order valence-electron chi connectivity index (χ3n) is 3.41. The van der Waals surface area contributed by atoms with E-state index < -0.39 is 11.9 Å². The molecule has 0 aromatic heterocycles. The van der Waals surface area contributed by atoms with Crippen LogP contribution in [0.3, 0.4) is 0 Å². The van der Waals surface area contributed by atoms with E-state index in [-0.39, 0.29) is 11.8 Å². The smallest absolute Gasteiger partial charge is 0.307 e. The molecule has 0 saturated heterocycles. The van der Waals surface area contributed by atoms with Gasteiger partial charge in [-0.2, -0.15) is 11.8 Å². The number of thioether (sulfide) groups is 1. The molecule has 98 valence electrons. The number of hydrogen-bond acceptors (Lipinski definition) is 3. The van der Waals surface area contributed by atoms with Crippen molar-refractivity contribution in [1.29, 1.82) is 0 Å². The molecule has 1 aliphatic carbocycles. The van der Waals surface area contributed by atoms with E-state index in [9.17, 15) is 9.59 Å². The highest BCUT2D eigenvalue weighted by atomic mass is 32.2. The third-order valence-corrected chi connectivity index (χ3v) is 4.00. The third kappa shape index (κ3) is 3.91. The van der Waals surface area contributed by atoms with Crippen LogP contribution in [0.1, 0.15) is 25.7 Å². The molecular formula is C12H21NO3S. The van der Waals surface area contributed by atoms with Gasteiger partial charge >= 0.3 is 5.97 Å². The highest BCUT2D eigenvalue weighted by Gasteiger charge is 2.36. The maximum Gasteiger partial charge on any atom is 0.307 e. The fourth-order valence-corrected chi connectivity index (χ4v) is 2.80. The van der Waals surface area contributed by atoms with Gasteiger partial charge < -0.3 is 10.0 Å². The summed E-state index contributed by atoms with van der Waals surface area (Å²) in [6.07, 6.45) is 5.26. The molecule has 0 radical (unpaired) electrons. The Bertz CT molecular complexity index is 283. The second-order valence-corrected chi connectivity index (χ2v) is 5.57. The van der Waals surface area contributed by atoms with Gasteiger partial charge in [-0.25, -0.2) is 0 Å². The summed E-state index contributed by atoms with van der Waals surface area (Å²) in [6, 6.07) is 0. The average Bonchev–Trinajstić information content (AvgIpc) is 2.34. The number of aliphatic carboxylic acids is 1. The van der Waals surface area contributed by atoms with Crippen molar-refractivity contribution in [1.82, 2.24) is 4.90 Å². The lowest BCUT2D eigenvalue weighted by molar-refractivity contribution is -0.151. The Morgan fingerprint density at radius 2 is 1.88 bits per heavy atom. The van der Waals surface area contributed by atoms with E-state index in [1.165, 1.54) is 0 Å². The Hall–Kier alpha value is -0.710. The molecule has 1 saturated carbocycles. The lowest BCUT2D eigenvalue weighted by atomic mass is 9.78. The second kappa shape index (κ2) is 6.89. The SMILES string of the molecule is CSCCN(C)C(=O)[C@@H]1CCCC[C@@H]1C(=O)O. The van der Waals surface area contributed by atoms with Crippen LogP contribution < -0.4 is 0 Å². The summed E-state index contributed by atoms with van der Waals surface area (Å²) in [5.74, 6) is -0.708. The summed E-state index contributed by atoms with van der Waals surface area (Å²) in [4.78, 5) is 25.0. The van der Waals surface area contributed by atoms with Gasteiger partial charge in [0, 0.05) is 19.3 Å². The van der Waals surface area contributed by atoms with Gasteiger partial charge in [0.1, 0.15) is 0 Å². The number of carbonyl (C=O) groups excluding carboxylic acids is 1. The first kappa shape index (κ1) is 14.4. The van der Waals surface area contributed by atoms with Gasteiger partial charge in [0.25, 0.3) is 0 Å². The van der Waals surface area contributed by atoms with E-state index >= 15 is 0 Å². The molecule has 0 bridgehead atoms. The Kier molecular flexibility index (Phi) is 5.82. The number of carboxylic acids is 1. The van der Waals surface area contributed by atoms with Crippen molar-refractivity contribution in [3.8, 4) is 0 Å². The second-order valence-electron chi connectivity index (χ2n) is 4.59. The minimum atomic E-state index is -0.818. The van der Waals surface area contributed by atoms with E-state index in [0.29, 0.717) is 13.0 Å². The van der Waals surface area contributed by atoms with Gasteiger partial charge in [-0.1, -0.05) is 12.8 Å². The van der Waals surface area contributed by atoms with Crippen LogP contribution >= 0.6 is 11.8 Å². The normalized spacial score (nSPS) is 24.4. The Labute approximate surface area is 107 Å². The Morgan fingerprint density at radius 1 is 1.29 bits per heavy atom. The molecule has 1 rings (SSSR count). The summed E-state index contributed by atoms with van der Waals surface area (Å²) in [6.45, 7) is 0.697. The molecule has 0 aromatic rings. The summed E-state index contributed by atoms with van der Waals surface area (Å²) >= 11 is 1.69. The zero-order chi connectivity index (χ0) is 12.8. The van der Waals surface area contributed by atoms with Crippen molar-refractivity contribution in [2.24, 2.45) is 11.8 Å². The molecule has 1 N–H and O–H groups in total. The van der Waals surface area contributed by atoms with Gasteiger partial charge in [0.15, 0.2) is 0 Å². The maximum absolute atomic E-state index is 12.2. The molecule has 1 aliphatic rings. The van der Waals surface area contributed by atoms with Crippen LogP contribution in [-0.4, -0.2) is 47.5 Å². The molecule has 1 amide bonds. The summed E-state index contributed by atoms with van der Waals surface area (Å²) in [5, 5.41) is 9.14. The summed E-state index contributed by atoms with van der Waals surface area (Å²) in [7, 11) is 1.77. The quantitative estimate of drug-likeness (QED) is 0.816. The summed E-state index contributed by atoms with van der Waals surface area (Å²) < 4.78 is 0. The Balaban J connectivity index is 2.61. The zero-order valence-corrected chi connectivity index (χ0v) is 11.3. The molecule has 0 spiro atoms. The number of amides is 1. The van der Waals surface area contributed by atoms with Crippen molar-refractivity contribution in [2.75, 3.05) is 25.6 Å². The average molecular weight is 259 g/mol. The first-order valence-electron chi connectivity index (χ1n) is 6.04. The predicted molar refractivity (Wildman–Crippen MR) is 69.1 cm³/mol. The molecule has 0 aliphatic heterocycles. The fraction of sp³-hybridized carbons (Fsp3) is 0.833. The molecule has 17 heavy (non-hydrogen) atoms. The van der Waals surface area contributed by atoms with Crippen LogP contribution in [0.15, 0.2) is 0 Å². The van der Waals surface area contributed by atoms with Gasteiger partial charge in [-0.3, -0.25) is 9.59 Å². The molecule has 1 fully saturated rings. The largest absolute Gasteiger partial charge is 0.481 e. The topological polar surface area (TPSA) is 57.6 Å². The fourth-order valence-electron chi connectivity index (χ4n) is 2.34. The molecule has 2 atom stereocenters. The van der Waals surface area contributed by atoms with Crippen LogP contribution in [0.5, 0.6) is 0 Å². The number of carboxylic acid groups (broad SMARTS) is 1. The van der Waals surface area contributed by atoms with Crippen molar-refractivity contribution < 1.29 is 14.7 Å². The first-order valence-corrected chi connectivity index (χ1v) is 7.44. The molecule has 0 aromatic carbocycles. The van der Waals surface area contributed by atoms with Crippen LogP contribution in [0.4, 0.5) is 0 Å². The Morgan fingerprint density at radius 3 is 2.41 bits per heavy atom. The molecule has 5 heteroatoms. The number of hydrogen-bond donors (Lipinski definition) is 1. The highest BCUT2D eigenvalue weighted by molar-refractivity contribution is 7.98. The minimum absolute atomic E-state index is 0.00569. The lowest BCUT2D eigenvalue weighted by Gasteiger charge is -2.30. The number of nitrogens with zero attached hydrogens (tertiary/aromatic N) is 1. The van der Waals surface area contributed by atoms with E-state index in [0.717, 1.165) is 25.0 Å². The van der Waals surface area contributed by atoms with Crippen molar-refractivity contribution in [3.63, 3.8) is 0 Å². The first-order chi connectivity index (χ1) is 8.07. The van der Waals surface area contributed by atoms with Gasteiger partial charge in [-0.15, -0.1) is 0 Å². The van der Waals surface area contributed by atoms with Crippen LogP contribution in [-0.2, 0) is 9.59 Å². The monoisotopic (exact) mass is 259 g/mol. The van der Waals surface area contributed by atoms with E-state index in [1.807, 2.05) is 6.26 Å². The maximum atomic E-state index is 12.2. The predicted octanol–water partition coefficient (Wildman–Crippen LogP) is 1.70. The van der Waals surface area contributed by atoms with Crippen molar-refractivity contribution >= 4 is 23.6 Å². The minimum Gasteiger partial charge on any atom is -0.481 e. The highest BCUT2D eigenvalue weighted by Crippen LogP contribution is 2.31. The van der Waals surface area contributed by atoms with Gasteiger partial charge in [0.05, 0.1) is 11.8 Å². The standard InChI is InChI=1S/C12H21NO3S/c1-13(7-8-17-2)11(14)9-5-3-4-6-10(9)12(15)16/h9-10H,3-8H2,1-2H3,(H,15,16)/t9-,10+/m1/s1. The lowest BCUT2D eigenvalue weighted by Crippen LogP contribution is -2.41. The van der Waals surface area contributed by atoms with Crippen molar-refractivity contribution in [3.05, 3.63) is 0 Å². The summed E-state index contributed by atoms with van der Waals surface area (Å²) in [5.41, 5.74) is 0. The van der Waals surface area contributed by atoms with E-state index in [4.69, 9.17) is 5.11 Å². The van der Waals surface area contributed by atoms with Crippen LogP contribution in [0, 0.1) is 11.8 Å². The molecule has 0 heterocycles. The van der Waals surface area contributed by atoms with Crippen LogP contribution in [0.2, 0.25) is 0 Å². The number of carbonyl (C=O) groups is 2. The van der Waals surface area contributed by atoms with Gasteiger partial charge in [-0.05, 0) is 19.1 Å². The van der Waals surface area contributed by atoms with Crippen LogP contribution in [0.25, 0.3) is 0 Å². The van der Waals surface area contributed by atoms with Gasteiger partial charge in [0.2, 0.25) is 5.91 Å². The van der Waals surface area contributed by atoms with Crippen molar-refractivity contribution in [2.45, 2.75) is 25.7 Å². The zero-order valence-electron chi connectivity index (χ0n) is 10.5.